The Morgan fingerprint density at radius 1 is 1.16 bits per heavy atom. The molecule has 7 N–H and O–H groups in total. The minimum Gasteiger partial charge on any atom is -0.494 e. The highest BCUT2D eigenvalue weighted by atomic mass is 16.5. The van der Waals surface area contributed by atoms with Gasteiger partial charge >= 0.3 is 11.9 Å². The number of carbonyl (C=O) groups is 3. The quantitative estimate of drug-likeness (QED) is 0.356. The Kier molecular flexibility index (Phi) is 7.08. The zero-order valence-electron chi connectivity index (χ0n) is 17.3. The number of nitrogen functional groups attached to an aromatic ring is 2. The van der Waals surface area contributed by atoms with Crippen LogP contribution in [0.2, 0.25) is 0 Å². The van der Waals surface area contributed by atoms with Crippen LogP contribution in [-0.2, 0) is 16.0 Å². The summed E-state index contributed by atoms with van der Waals surface area (Å²) in [4.78, 5) is 42.4. The fourth-order valence-electron chi connectivity index (χ4n) is 3.72. The van der Waals surface area contributed by atoms with E-state index in [4.69, 9.17) is 26.4 Å². The number of anilines is 2. The van der Waals surface area contributed by atoms with Crippen molar-refractivity contribution in [3.8, 4) is 5.75 Å². The highest BCUT2D eigenvalue weighted by Gasteiger charge is 2.27. The number of benzene rings is 1. The van der Waals surface area contributed by atoms with Crippen molar-refractivity contribution in [2.45, 2.75) is 44.1 Å². The molecule has 1 aliphatic carbocycles. The van der Waals surface area contributed by atoms with Crippen LogP contribution in [0.1, 0.15) is 53.2 Å². The molecule has 32 heavy (non-hydrogen) atoms. The minimum atomic E-state index is -1.29. The first-order valence-electron chi connectivity index (χ1n) is 10.1. The van der Waals surface area contributed by atoms with Gasteiger partial charge in [0.25, 0.3) is 5.91 Å². The first kappa shape index (κ1) is 22.8. The van der Waals surface area contributed by atoms with Crippen LogP contribution in [0.4, 0.5) is 11.8 Å². The van der Waals surface area contributed by atoms with Crippen LogP contribution in [-0.4, -0.2) is 50.7 Å². The second kappa shape index (κ2) is 9.94. The van der Waals surface area contributed by atoms with Gasteiger partial charge in [-0.15, -0.1) is 0 Å². The van der Waals surface area contributed by atoms with Crippen LogP contribution in [0, 0.1) is 0 Å². The molecule has 0 saturated heterocycles. The zero-order valence-corrected chi connectivity index (χ0v) is 17.3. The topological polar surface area (TPSA) is 191 Å². The van der Waals surface area contributed by atoms with Gasteiger partial charge in [0, 0.05) is 17.5 Å². The first-order chi connectivity index (χ1) is 15.2. The van der Waals surface area contributed by atoms with E-state index >= 15 is 0 Å². The van der Waals surface area contributed by atoms with Crippen molar-refractivity contribution in [2.24, 2.45) is 0 Å². The van der Waals surface area contributed by atoms with E-state index in [1.54, 1.807) is 12.1 Å². The van der Waals surface area contributed by atoms with E-state index in [0.29, 0.717) is 18.2 Å². The van der Waals surface area contributed by atoms with Crippen LogP contribution in [0.25, 0.3) is 0 Å². The molecule has 3 rings (SSSR count). The van der Waals surface area contributed by atoms with Crippen molar-refractivity contribution in [1.82, 2.24) is 15.3 Å². The van der Waals surface area contributed by atoms with E-state index in [1.807, 2.05) is 0 Å². The molecule has 170 valence electrons. The molecule has 1 aromatic heterocycles. The van der Waals surface area contributed by atoms with Crippen LogP contribution >= 0.6 is 0 Å². The maximum Gasteiger partial charge on any atom is 0.326 e. The van der Waals surface area contributed by atoms with Crippen molar-refractivity contribution < 1.29 is 29.3 Å². The van der Waals surface area contributed by atoms with Gasteiger partial charge in [0.2, 0.25) is 5.95 Å². The van der Waals surface area contributed by atoms with E-state index in [0.717, 1.165) is 30.5 Å². The number of hydrogen-bond acceptors (Lipinski definition) is 8. The predicted molar refractivity (Wildman–Crippen MR) is 114 cm³/mol. The molecule has 1 unspecified atom stereocenters. The van der Waals surface area contributed by atoms with Gasteiger partial charge in [0.05, 0.1) is 12.3 Å². The van der Waals surface area contributed by atoms with Crippen molar-refractivity contribution in [3.63, 3.8) is 0 Å². The molecule has 1 aromatic carbocycles. The Morgan fingerprint density at radius 3 is 2.53 bits per heavy atom. The smallest absolute Gasteiger partial charge is 0.326 e. The summed E-state index contributed by atoms with van der Waals surface area (Å²) in [5.74, 6) is -1.69. The lowest BCUT2D eigenvalue weighted by Crippen LogP contribution is -2.41. The zero-order chi connectivity index (χ0) is 23.3. The van der Waals surface area contributed by atoms with Crippen LogP contribution in [0.5, 0.6) is 5.75 Å². The molecule has 2 atom stereocenters. The third-order valence-corrected chi connectivity index (χ3v) is 5.31. The Hall–Kier alpha value is -3.89. The number of carbonyl (C=O) groups excluding carboxylic acids is 1. The monoisotopic (exact) mass is 443 g/mol. The molecule has 0 bridgehead atoms. The van der Waals surface area contributed by atoms with E-state index in [-0.39, 0.29) is 30.3 Å². The van der Waals surface area contributed by atoms with Gasteiger partial charge in [-0.25, -0.2) is 9.78 Å². The molecule has 0 aliphatic heterocycles. The number of rotatable bonds is 10. The van der Waals surface area contributed by atoms with E-state index in [2.05, 4.69) is 15.3 Å². The number of carboxylic acid groups (broad SMARTS) is 2. The van der Waals surface area contributed by atoms with Crippen molar-refractivity contribution >= 4 is 29.6 Å². The minimum absolute atomic E-state index is 0.179. The second-order valence-corrected chi connectivity index (χ2v) is 7.52. The van der Waals surface area contributed by atoms with Gasteiger partial charge in [-0.05, 0) is 55.9 Å². The fraction of sp³-hybridized carbons (Fsp3) is 0.381. The number of nitrogens with zero attached hydrogens (tertiary/aromatic N) is 2. The number of aliphatic carboxylic acids is 2. The molecule has 0 saturated carbocycles. The Balaban J connectivity index is 1.52. The number of nitrogens with one attached hydrogen (secondary N) is 1. The summed E-state index contributed by atoms with van der Waals surface area (Å²) in [6.07, 6.45) is 1.85. The fourth-order valence-corrected chi connectivity index (χ4v) is 3.72. The van der Waals surface area contributed by atoms with E-state index < -0.39 is 23.9 Å². The molecular weight excluding hydrogens is 418 g/mol. The summed E-state index contributed by atoms with van der Waals surface area (Å²) in [6.45, 7) is 0.426. The lowest BCUT2D eigenvalue weighted by molar-refractivity contribution is -0.140. The summed E-state index contributed by atoms with van der Waals surface area (Å²) in [5.41, 5.74) is 13.7. The van der Waals surface area contributed by atoms with E-state index in [9.17, 15) is 14.4 Å². The van der Waals surface area contributed by atoms with Gasteiger partial charge in [-0.2, -0.15) is 4.98 Å². The maximum atomic E-state index is 12.3. The molecular formula is C21H25N5O6. The van der Waals surface area contributed by atoms with Crippen molar-refractivity contribution in [1.29, 1.82) is 0 Å². The Bertz CT molecular complexity index is 1010. The number of ether oxygens (including phenoxy) is 1. The number of fused-ring (bicyclic) bond motifs is 1. The lowest BCUT2D eigenvalue weighted by Gasteiger charge is -2.15. The third kappa shape index (κ3) is 5.62. The number of hydrogen-bond donors (Lipinski definition) is 5. The largest absolute Gasteiger partial charge is 0.494 e. The molecule has 1 aliphatic rings. The molecule has 0 spiro atoms. The molecule has 11 nitrogen and oxygen atoms in total. The van der Waals surface area contributed by atoms with Crippen LogP contribution in [0.15, 0.2) is 24.3 Å². The second-order valence-electron chi connectivity index (χ2n) is 7.52. The molecule has 0 fully saturated rings. The van der Waals surface area contributed by atoms with Gasteiger partial charge < -0.3 is 31.7 Å². The highest BCUT2D eigenvalue weighted by Crippen LogP contribution is 2.37. The summed E-state index contributed by atoms with van der Waals surface area (Å²) >= 11 is 0. The Labute approximate surface area is 183 Å². The van der Waals surface area contributed by atoms with Gasteiger partial charge in [0.15, 0.2) is 0 Å². The SMILES string of the molecule is Nc1nc(N)c2c(n1)CCC2CCOc1ccc(C(=O)N[C@@H](CCC(=O)O)C(=O)O)cc1. The Morgan fingerprint density at radius 2 is 1.88 bits per heavy atom. The molecule has 1 heterocycles. The predicted octanol–water partition coefficient (Wildman–Crippen LogP) is 1.19. The highest BCUT2D eigenvalue weighted by molar-refractivity contribution is 5.96. The summed E-state index contributed by atoms with van der Waals surface area (Å²) in [6, 6.07) is 4.97. The standard InChI is InChI=1S/C21H25N5O6/c22-18-17-11(3-6-14(17)25-21(23)26-18)9-10-32-13-4-1-12(2-5-13)19(29)24-15(20(30)31)7-8-16(27)28/h1-2,4-5,11,15H,3,6-10H2,(H,24,29)(H,27,28)(H,30,31)(H4,22,23,25,26)/t11?,15-/m0/s1. The molecule has 0 radical (unpaired) electrons. The number of nitrogens with two attached hydrogens (primary N) is 2. The maximum absolute atomic E-state index is 12.3. The normalized spacial score (nSPS) is 15.6. The summed E-state index contributed by atoms with van der Waals surface area (Å²) in [7, 11) is 0. The van der Waals surface area contributed by atoms with E-state index in [1.165, 1.54) is 12.1 Å². The molecule has 2 aromatic rings. The third-order valence-electron chi connectivity index (χ3n) is 5.31. The molecule has 1 amide bonds. The number of carboxylic acids is 2. The average Bonchev–Trinajstić information content (AvgIpc) is 3.14. The van der Waals surface area contributed by atoms with Crippen molar-refractivity contribution in [3.05, 3.63) is 41.1 Å². The number of aromatic nitrogens is 2. The summed E-state index contributed by atoms with van der Waals surface area (Å²) < 4.78 is 5.77. The van der Waals surface area contributed by atoms with Crippen molar-refractivity contribution in [2.75, 3.05) is 18.1 Å². The number of amides is 1. The number of aryl methyl sites for hydroxylation is 1. The first-order valence-corrected chi connectivity index (χ1v) is 10.1. The van der Waals surface area contributed by atoms with Gasteiger partial charge in [-0.1, -0.05) is 0 Å². The van der Waals surface area contributed by atoms with Gasteiger partial charge in [0.1, 0.15) is 17.6 Å². The molecule has 11 heteroatoms. The van der Waals surface area contributed by atoms with Crippen LogP contribution < -0.4 is 21.5 Å². The lowest BCUT2D eigenvalue weighted by atomic mass is 10.00. The summed E-state index contributed by atoms with van der Waals surface area (Å²) in [5, 5.41) is 20.2. The van der Waals surface area contributed by atoms with Crippen LogP contribution in [0.3, 0.4) is 0 Å². The van der Waals surface area contributed by atoms with Gasteiger partial charge in [-0.3, -0.25) is 9.59 Å². The average molecular weight is 443 g/mol.